The third-order valence-electron chi connectivity index (χ3n) is 4.38. The zero-order valence-electron chi connectivity index (χ0n) is 16.7. The average Bonchev–Trinajstić information content (AvgIpc) is 2.78. The molecule has 0 unspecified atom stereocenters. The standard InChI is InChI=1S/C22H20ClN3O4/c1-24-22(28)19(26-21(27)13-4-7-16(29-2)8-5-13)11-15-10-14-6-9-17(30-3)12-18(14)25-20(15)23/h4-12H,1-3H3,(H,24,28)(H,26,27). The SMILES string of the molecule is CNC(=O)C(=Cc1cc2ccc(OC)cc2nc1Cl)NC(=O)c1ccc(OC)cc1. The first-order chi connectivity index (χ1) is 14.4. The Labute approximate surface area is 178 Å². The summed E-state index contributed by atoms with van der Waals surface area (Å²) in [5.74, 6) is 0.372. The number of methoxy groups -OCH3 is 2. The monoisotopic (exact) mass is 425 g/mol. The van der Waals surface area contributed by atoms with Crippen LogP contribution < -0.4 is 20.1 Å². The molecule has 1 aromatic heterocycles. The summed E-state index contributed by atoms with van der Waals surface area (Å²) in [6.45, 7) is 0. The van der Waals surface area contributed by atoms with Crippen LogP contribution in [0.15, 0.2) is 54.2 Å². The van der Waals surface area contributed by atoms with Gasteiger partial charge >= 0.3 is 0 Å². The second-order valence-corrected chi connectivity index (χ2v) is 6.60. The van der Waals surface area contributed by atoms with Gasteiger partial charge in [-0.05, 0) is 48.5 Å². The van der Waals surface area contributed by atoms with E-state index >= 15 is 0 Å². The minimum Gasteiger partial charge on any atom is -0.497 e. The number of benzene rings is 2. The van der Waals surface area contributed by atoms with Crippen molar-refractivity contribution in [3.05, 3.63) is 70.5 Å². The van der Waals surface area contributed by atoms with Crippen LogP contribution in [-0.4, -0.2) is 38.1 Å². The molecule has 0 radical (unpaired) electrons. The van der Waals surface area contributed by atoms with Gasteiger partial charge < -0.3 is 20.1 Å². The Morgan fingerprint density at radius 3 is 2.30 bits per heavy atom. The Kier molecular flexibility index (Phi) is 6.54. The van der Waals surface area contributed by atoms with E-state index in [2.05, 4.69) is 15.6 Å². The number of carbonyl (C=O) groups is 2. The Hall–Kier alpha value is -3.58. The second kappa shape index (κ2) is 9.28. The average molecular weight is 426 g/mol. The summed E-state index contributed by atoms with van der Waals surface area (Å²) in [6, 6.07) is 13.7. The third-order valence-corrected chi connectivity index (χ3v) is 4.68. The molecule has 0 aliphatic rings. The molecule has 0 fully saturated rings. The van der Waals surface area contributed by atoms with Crippen LogP contribution in [0.3, 0.4) is 0 Å². The maximum absolute atomic E-state index is 12.6. The molecule has 3 aromatic rings. The van der Waals surface area contributed by atoms with Crippen LogP contribution in [0.25, 0.3) is 17.0 Å². The van der Waals surface area contributed by atoms with Gasteiger partial charge in [-0.15, -0.1) is 0 Å². The molecule has 2 aromatic carbocycles. The molecule has 0 bridgehead atoms. The number of halogens is 1. The smallest absolute Gasteiger partial charge is 0.267 e. The summed E-state index contributed by atoms with van der Waals surface area (Å²) in [5, 5.41) is 6.14. The van der Waals surface area contributed by atoms with Gasteiger partial charge in [-0.3, -0.25) is 9.59 Å². The number of rotatable bonds is 6. The number of aromatic nitrogens is 1. The third kappa shape index (κ3) is 4.69. The topological polar surface area (TPSA) is 89.5 Å². The van der Waals surface area contributed by atoms with E-state index in [0.717, 1.165) is 5.39 Å². The lowest BCUT2D eigenvalue weighted by molar-refractivity contribution is -0.117. The van der Waals surface area contributed by atoms with Crippen molar-refractivity contribution in [1.29, 1.82) is 0 Å². The first-order valence-corrected chi connectivity index (χ1v) is 9.36. The Morgan fingerprint density at radius 1 is 1.00 bits per heavy atom. The molecule has 0 aliphatic carbocycles. The van der Waals surface area contributed by atoms with Gasteiger partial charge in [-0.25, -0.2) is 4.98 Å². The van der Waals surface area contributed by atoms with Crippen LogP contribution in [0.5, 0.6) is 11.5 Å². The number of hydrogen-bond donors (Lipinski definition) is 2. The molecule has 2 amide bonds. The van der Waals surface area contributed by atoms with Crippen molar-refractivity contribution >= 4 is 40.4 Å². The summed E-state index contributed by atoms with van der Waals surface area (Å²) in [7, 11) is 4.59. The Balaban J connectivity index is 1.95. The van der Waals surface area contributed by atoms with E-state index in [9.17, 15) is 9.59 Å². The van der Waals surface area contributed by atoms with Gasteiger partial charge in [0.1, 0.15) is 22.3 Å². The van der Waals surface area contributed by atoms with Crippen LogP contribution >= 0.6 is 11.6 Å². The highest BCUT2D eigenvalue weighted by Gasteiger charge is 2.15. The first kappa shape index (κ1) is 21.1. The van der Waals surface area contributed by atoms with E-state index in [-0.39, 0.29) is 10.9 Å². The molecule has 30 heavy (non-hydrogen) atoms. The van der Waals surface area contributed by atoms with Crippen molar-refractivity contribution in [2.75, 3.05) is 21.3 Å². The lowest BCUT2D eigenvalue weighted by atomic mass is 10.1. The van der Waals surface area contributed by atoms with E-state index in [1.54, 1.807) is 56.7 Å². The van der Waals surface area contributed by atoms with Gasteiger partial charge in [0.25, 0.3) is 11.8 Å². The zero-order valence-corrected chi connectivity index (χ0v) is 17.4. The second-order valence-electron chi connectivity index (χ2n) is 6.25. The van der Waals surface area contributed by atoms with E-state index in [1.165, 1.54) is 13.1 Å². The van der Waals surface area contributed by atoms with Gasteiger partial charge in [0.2, 0.25) is 0 Å². The van der Waals surface area contributed by atoms with Gasteiger partial charge in [0.05, 0.1) is 19.7 Å². The van der Waals surface area contributed by atoms with Crippen molar-refractivity contribution in [2.45, 2.75) is 0 Å². The molecule has 0 spiro atoms. The maximum atomic E-state index is 12.6. The summed E-state index contributed by atoms with van der Waals surface area (Å²) in [5.41, 5.74) is 1.55. The predicted molar refractivity (Wildman–Crippen MR) is 116 cm³/mol. The fourth-order valence-electron chi connectivity index (χ4n) is 2.75. The van der Waals surface area contributed by atoms with Crippen molar-refractivity contribution in [2.24, 2.45) is 0 Å². The Bertz CT molecular complexity index is 1130. The van der Waals surface area contributed by atoms with E-state index in [4.69, 9.17) is 21.1 Å². The number of hydrogen-bond acceptors (Lipinski definition) is 5. The number of amides is 2. The molecule has 3 rings (SSSR count). The molecule has 154 valence electrons. The Morgan fingerprint density at radius 2 is 1.67 bits per heavy atom. The number of nitrogens with zero attached hydrogens (tertiary/aromatic N) is 1. The molecule has 0 saturated carbocycles. The number of pyridine rings is 1. The van der Waals surface area contributed by atoms with Crippen LogP contribution in [-0.2, 0) is 4.79 Å². The molecule has 7 nitrogen and oxygen atoms in total. The summed E-state index contributed by atoms with van der Waals surface area (Å²) in [6.07, 6.45) is 1.49. The lowest BCUT2D eigenvalue weighted by Crippen LogP contribution is -2.33. The highest BCUT2D eigenvalue weighted by molar-refractivity contribution is 6.31. The largest absolute Gasteiger partial charge is 0.497 e. The predicted octanol–water partition coefficient (Wildman–Crippen LogP) is 3.42. The number of nitrogens with one attached hydrogen (secondary N) is 2. The van der Waals surface area contributed by atoms with E-state index < -0.39 is 11.8 Å². The lowest BCUT2D eigenvalue weighted by Gasteiger charge is -2.11. The minimum absolute atomic E-state index is 0.0369. The molecular weight excluding hydrogens is 406 g/mol. The molecule has 0 aliphatic heterocycles. The quantitative estimate of drug-likeness (QED) is 0.466. The van der Waals surface area contributed by atoms with Crippen molar-refractivity contribution in [1.82, 2.24) is 15.6 Å². The fourth-order valence-corrected chi connectivity index (χ4v) is 2.95. The first-order valence-electron chi connectivity index (χ1n) is 8.98. The van der Waals surface area contributed by atoms with E-state index in [1.807, 2.05) is 6.07 Å². The molecule has 2 N–H and O–H groups in total. The van der Waals surface area contributed by atoms with Crippen molar-refractivity contribution < 1.29 is 19.1 Å². The van der Waals surface area contributed by atoms with E-state index in [0.29, 0.717) is 28.1 Å². The van der Waals surface area contributed by atoms with Gasteiger partial charge in [0.15, 0.2) is 0 Å². The highest BCUT2D eigenvalue weighted by Crippen LogP contribution is 2.25. The van der Waals surface area contributed by atoms with Gasteiger partial charge in [-0.2, -0.15) is 0 Å². The molecule has 8 heteroatoms. The van der Waals surface area contributed by atoms with Crippen LogP contribution in [0, 0.1) is 0 Å². The normalized spacial score (nSPS) is 11.1. The van der Waals surface area contributed by atoms with Crippen LogP contribution in [0.4, 0.5) is 0 Å². The number of fused-ring (bicyclic) bond motifs is 1. The summed E-state index contributed by atoms with van der Waals surface area (Å²) >= 11 is 6.32. The summed E-state index contributed by atoms with van der Waals surface area (Å²) in [4.78, 5) is 29.3. The van der Waals surface area contributed by atoms with Crippen molar-refractivity contribution in [3.8, 4) is 11.5 Å². The van der Waals surface area contributed by atoms with Gasteiger partial charge in [-0.1, -0.05) is 11.6 Å². The van der Waals surface area contributed by atoms with Crippen LogP contribution in [0.2, 0.25) is 5.15 Å². The minimum atomic E-state index is -0.470. The maximum Gasteiger partial charge on any atom is 0.267 e. The zero-order chi connectivity index (χ0) is 21.7. The van der Waals surface area contributed by atoms with Crippen LogP contribution in [0.1, 0.15) is 15.9 Å². The molecular formula is C22H20ClN3O4. The molecule has 0 atom stereocenters. The molecule has 0 saturated heterocycles. The number of ether oxygens (including phenoxy) is 2. The van der Waals surface area contributed by atoms with Crippen molar-refractivity contribution in [3.63, 3.8) is 0 Å². The number of carbonyl (C=O) groups excluding carboxylic acids is 2. The number of likely N-dealkylation sites (N-methyl/N-ethyl adjacent to an activating group) is 1. The highest BCUT2D eigenvalue weighted by atomic mass is 35.5. The van der Waals surface area contributed by atoms with Gasteiger partial charge in [0, 0.05) is 29.6 Å². The summed E-state index contributed by atoms with van der Waals surface area (Å²) < 4.78 is 10.3. The molecule has 1 heterocycles. The fraction of sp³-hybridized carbons (Fsp3) is 0.136.